The Morgan fingerprint density at radius 1 is 1.47 bits per heavy atom. The van der Waals surface area contributed by atoms with E-state index in [2.05, 4.69) is 23.3 Å². The number of nitrogens with one attached hydrogen (secondary N) is 1. The highest BCUT2D eigenvalue weighted by molar-refractivity contribution is 7.17. The highest BCUT2D eigenvalue weighted by Crippen LogP contribution is 2.35. The maximum Gasteiger partial charge on any atom is 0.246 e. The first-order chi connectivity index (χ1) is 8.57. The lowest BCUT2D eigenvalue weighted by atomic mass is 10.3. The molecule has 0 radical (unpaired) electrons. The van der Waals surface area contributed by atoms with Gasteiger partial charge in [0, 0.05) is 10.3 Å². The van der Waals surface area contributed by atoms with Crippen molar-refractivity contribution in [3.8, 4) is 10.6 Å². The first-order valence-electron chi connectivity index (χ1n) is 5.69. The number of nitrogens with zero attached hydrogens (tertiary/aromatic N) is 1. The standard InChI is InChI=1S/C12H13N3OS2.ClH/c1-7-2-3-9(18-7)8-6-17-11(14-8)15-10(16)12(13)4-5-12;/h2-3,6H,4-5,13H2,1H3,(H,14,15,16);1H. The Morgan fingerprint density at radius 3 is 2.79 bits per heavy atom. The van der Waals surface area contributed by atoms with Gasteiger partial charge in [-0.3, -0.25) is 4.79 Å². The Hall–Kier alpha value is -0.950. The third-order valence-electron chi connectivity index (χ3n) is 2.96. The van der Waals surface area contributed by atoms with Gasteiger partial charge < -0.3 is 11.1 Å². The molecule has 102 valence electrons. The Morgan fingerprint density at radius 2 is 2.21 bits per heavy atom. The monoisotopic (exact) mass is 315 g/mol. The number of halogens is 1. The van der Waals surface area contributed by atoms with Crippen LogP contribution in [0.25, 0.3) is 10.6 Å². The maximum absolute atomic E-state index is 11.8. The Balaban J connectivity index is 0.00000133. The van der Waals surface area contributed by atoms with Crippen LogP contribution in [0.1, 0.15) is 17.7 Å². The van der Waals surface area contributed by atoms with E-state index in [0.717, 1.165) is 23.4 Å². The van der Waals surface area contributed by atoms with Gasteiger partial charge in [-0.15, -0.1) is 35.1 Å². The number of anilines is 1. The van der Waals surface area contributed by atoms with Crippen molar-refractivity contribution in [3.05, 3.63) is 22.4 Å². The van der Waals surface area contributed by atoms with Crippen LogP contribution in [-0.4, -0.2) is 16.4 Å². The predicted octanol–water partition coefficient (Wildman–Crippen LogP) is 3.03. The molecule has 19 heavy (non-hydrogen) atoms. The van der Waals surface area contributed by atoms with E-state index in [-0.39, 0.29) is 18.3 Å². The molecule has 2 aromatic heterocycles. The second-order valence-corrected chi connectivity index (χ2v) is 6.70. The van der Waals surface area contributed by atoms with Crippen LogP contribution in [0.5, 0.6) is 0 Å². The van der Waals surface area contributed by atoms with Crippen molar-refractivity contribution in [2.24, 2.45) is 5.73 Å². The Kier molecular flexibility index (Phi) is 3.96. The molecular weight excluding hydrogens is 302 g/mol. The molecule has 2 heterocycles. The molecule has 3 N–H and O–H groups in total. The summed E-state index contributed by atoms with van der Waals surface area (Å²) in [7, 11) is 0. The largest absolute Gasteiger partial charge is 0.317 e. The van der Waals surface area contributed by atoms with Crippen LogP contribution in [0.2, 0.25) is 0 Å². The van der Waals surface area contributed by atoms with Gasteiger partial charge in [-0.05, 0) is 31.9 Å². The molecule has 1 saturated carbocycles. The maximum atomic E-state index is 11.8. The van der Waals surface area contributed by atoms with Crippen LogP contribution in [0.4, 0.5) is 5.13 Å². The molecule has 0 unspecified atom stereocenters. The van der Waals surface area contributed by atoms with E-state index >= 15 is 0 Å². The molecule has 0 aliphatic heterocycles. The van der Waals surface area contributed by atoms with Crippen molar-refractivity contribution < 1.29 is 4.79 Å². The minimum absolute atomic E-state index is 0. The lowest BCUT2D eigenvalue weighted by Crippen LogP contribution is -2.37. The second kappa shape index (κ2) is 5.20. The first-order valence-corrected chi connectivity index (χ1v) is 7.39. The predicted molar refractivity (Wildman–Crippen MR) is 82.2 cm³/mol. The lowest BCUT2D eigenvalue weighted by molar-refractivity contribution is -0.118. The molecule has 3 rings (SSSR count). The molecule has 0 atom stereocenters. The van der Waals surface area contributed by atoms with Crippen LogP contribution in [0.15, 0.2) is 17.5 Å². The number of amides is 1. The number of hydrogen-bond acceptors (Lipinski definition) is 5. The van der Waals surface area contributed by atoms with Crippen LogP contribution in [0, 0.1) is 6.92 Å². The number of nitrogens with two attached hydrogens (primary N) is 1. The highest BCUT2D eigenvalue weighted by Gasteiger charge is 2.46. The molecule has 0 saturated heterocycles. The molecule has 0 bridgehead atoms. The summed E-state index contributed by atoms with van der Waals surface area (Å²) in [6.45, 7) is 2.06. The molecular formula is C12H14ClN3OS2. The van der Waals surface area contributed by atoms with E-state index in [4.69, 9.17) is 5.73 Å². The van der Waals surface area contributed by atoms with Gasteiger partial charge in [0.05, 0.1) is 16.1 Å². The quantitative estimate of drug-likeness (QED) is 0.914. The fraction of sp³-hybridized carbons (Fsp3) is 0.333. The molecule has 1 amide bonds. The van der Waals surface area contributed by atoms with Crippen molar-refractivity contribution in [3.63, 3.8) is 0 Å². The number of aromatic nitrogens is 1. The van der Waals surface area contributed by atoms with E-state index in [9.17, 15) is 4.79 Å². The SMILES string of the molecule is Cc1ccc(-c2csc(NC(=O)C3(N)CC3)n2)s1.Cl. The second-order valence-electron chi connectivity index (χ2n) is 4.56. The van der Waals surface area contributed by atoms with Crippen LogP contribution < -0.4 is 11.1 Å². The van der Waals surface area contributed by atoms with Gasteiger partial charge in [-0.25, -0.2) is 4.98 Å². The average molecular weight is 316 g/mol. The summed E-state index contributed by atoms with van der Waals surface area (Å²) < 4.78 is 0. The average Bonchev–Trinajstić information content (AvgIpc) is 2.78. The van der Waals surface area contributed by atoms with Gasteiger partial charge in [-0.1, -0.05) is 0 Å². The normalized spacial score (nSPS) is 15.7. The van der Waals surface area contributed by atoms with Gasteiger partial charge in [0.1, 0.15) is 0 Å². The Labute approximate surface area is 125 Å². The zero-order chi connectivity index (χ0) is 12.8. The molecule has 0 spiro atoms. The highest BCUT2D eigenvalue weighted by atomic mass is 35.5. The minimum Gasteiger partial charge on any atom is -0.317 e. The number of thiophene rings is 1. The summed E-state index contributed by atoms with van der Waals surface area (Å²) in [6.07, 6.45) is 1.53. The topological polar surface area (TPSA) is 68.0 Å². The van der Waals surface area contributed by atoms with Gasteiger partial charge >= 0.3 is 0 Å². The van der Waals surface area contributed by atoms with E-state index in [1.54, 1.807) is 11.3 Å². The number of rotatable bonds is 3. The molecule has 0 aromatic carbocycles. The minimum atomic E-state index is -0.647. The lowest BCUT2D eigenvalue weighted by Gasteiger charge is -2.06. The number of carbonyl (C=O) groups is 1. The van der Waals surface area contributed by atoms with E-state index < -0.39 is 5.54 Å². The molecule has 1 fully saturated rings. The van der Waals surface area contributed by atoms with Gasteiger partial charge in [0.2, 0.25) is 5.91 Å². The summed E-state index contributed by atoms with van der Waals surface area (Å²) in [5, 5.41) is 5.37. The van der Waals surface area contributed by atoms with Crippen LogP contribution in [0.3, 0.4) is 0 Å². The molecule has 7 heteroatoms. The van der Waals surface area contributed by atoms with Crippen molar-refractivity contribution in [2.75, 3.05) is 5.32 Å². The molecule has 4 nitrogen and oxygen atoms in total. The van der Waals surface area contributed by atoms with Crippen molar-refractivity contribution in [1.82, 2.24) is 4.98 Å². The summed E-state index contributed by atoms with van der Waals surface area (Å²) in [5.41, 5.74) is 6.09. The summed E-state index contributed by atoms with van der Waals surface area (Å²) >= 11 is 3.13. The Bertz CT molecular complexity index is 604. The number of carbonyl (C=O) groups excluding carboxylic acids is 1. The van der Waals surface area contributed by atoms with Crippen molar-refractivity contribution >= 4 is 46.1 Å². The fourth-order valence-corrected chi connectivity index (χ4v) is 3.21. The summed E-state index contributed by atoms with van der Waals surface area (Å²) in [6, 6.07) is 4.11. The zero-order valence-corrected chi connectivity index (χ0v) is 12.8. The summed E-state index contributed by atoms with van der Waals surface area (Å²) in [5.74, 6) is -0.120. The van der Waals surface area contributed by atoms with E-state index in [1.165, 1.54) is 16.2 Å². The fourth-order valence-electron chi connectivity index (χ4n) is 1.60. The molecule has 1 aliphatic rings. The third kappa shape index (κ3) is 2.97. The van der Waals surface area contributed by atoms with E-state index in [1.807, 2.05) is 11.4 Å². The van der Waals surface area contributed by atoms with Crippen molar-refractivity contribution in [2.45, 2.75) is 25.3 Å². The van der Waals surface area contributed by atoms with Crippen molar-refractivity contribution in [1.29, 1.82) is 0 Å². The smallest absolute Gasteiger partial charge is 0.246 e. The van der Waals surface area contributed by atoms with Gasteiger partial charge in [-0.2, -0.15) is 0 Å². The number of thiazole rings is 1. The number of hydrogen-bond donors (Lipinski definition) is 2. The van der Waals surface area contributed by atoms with E-state index in [0.29, 0.717) is 5.13 Å². The third-order valence-corrected chi connectivity index (χ3v) is 4.74. The molecule has 2 aromatic rings. The zero-order valence-electron chi connectivity index (χ0n) is 10.3. The van der Waals surface area contributed by atoms with Crippen LogP contribution >= 0.6 is 35.1 Å². The first kappa shape index (κ1) is 14.5. The molecule has 1 aliphatic carbocycles. The summed E-state index contributed by atoms with van der Waals surface area (Å²) in [4.78, 5) is 18.6. The number of aryl methyl sites for hydroxylation is 1. The van der Waals surface area contributed by atoms with Gasteiger partial charge in [0.25, 0.3) is 0 Å². The van der Waals surface area contributed by atoms with Gasteiger partial charge in [0.15, 0.2) is 5.13 Å². The van der Waals surface area contributed by atoms with Crippen LogP contribution in [-0.2, 0) is 4.79 Å².